The molecular weight excluding hydrogens is 276 g/mol. The van der Waals surface area contributed by atoms with E-state index in [-0.39, 0.29) is 24.3 Å². The van der Waals surface area contributed by atoms with Crippen molar-refractivity contribution < 1.29 is 14.3 Å². The molecule has 20 heavy (non-hydrogen) atoms. The Kier molecular flexibility index (Phi) is 6.67. The van der Waals surface area contributed by atoms with Gasteiger partial charge in [0.1, 0.15) is 0 Å². The fourth-order valence-electron chi connectivity index (χ4n) is 1.86. The molecule has 1 aromatic rings. The fraction of sp³-hybridized carbons (Fsp3) is 0.571. The summed E-state index contributed by atoms with van der Waals surface area (Å²) in [6.07, 6.45) is 0.721. The van der Waals surface area contributed by atoms with Crippen LogP contribution in [0.1, 0.15) is 37.6 Å². The number of amides is 1. The Bertz CT molecular complexity index is 432. The molecule has 0 saturated heterocycles. The van der Waals surface area contributed by atoms with Crippen molar-refractivity contribution in [3.63, 3.8) is 0 Å². The first kappa shape index (κ1) is 16.7. The molecule has 0 saturated carbocycles. The zero-order valence-corrected chi connectivity index (χ0v) is 12.9. The number of nitrogens with two attached hydrogens (primary N) is 1. The van der Waals surface area contributed by atoms with Gasteiger partial charge in [0.05, 0.1) is 25.6 Å². The Morgan fingerprint density at radius 1 is 1.45 bits per heavy atom. The maximum atomic E-state index is 12.1. The second-order valence-electron chi connectivity index (χ2n) is 5.09. The number of carbonyl (C=O) groups excluding carboxylic acids is 2. The van der Waals surface area contributed by atoms with Crippen LogP contribution >= 0.6 is 11.3 Å². The van der Waals surface area contributed by atoms with E-state index in [2.05, 4.69) is 10.1 Å². The van der Waals surface area contributed by atoms with Gasteiger partial charge < -0.3 is 15.8 Å². The zero-order valence-electron chi connectivity index (χ0n) is 12.1. The van der Waals surface area contributed by atoms with Gasteiger partial charge in [-0.25, -0.2) is 0 Å². The zero-order chi connectivity index (χ0) is 15.1. The normalized spacial score (nSPS) is 13.8. The van der Waals surface area contributed by atoms with E-state index in [1.807, 2.05) is 31.4 Å². The number of ether oxygens (including phenoxy) is 1. The quantitative estimate of drug-likeness (QED) is 0.753. The van der Waals surface area contributed by atoms with Gasteiger partial charge in [-0.15, -0.1) is 11.3 Å². The van der Waals surface area contributed by atoms with E-state index in [9.17, 15) is 9.59 Å². The van der Waals surface area contributed by atoms with Crippen molar-refractivity contribution in [1.29, 1.82) is 0 Å². The van der Waals surface area contributed by atoms with Gasteiger partial charge in [-0.1, -0.05) is 19.9 Å². The van der Waals surface area contributed by atoms with Crippen molar-refractivity contribution in [3.05, 3.63) is 22.4 Å². The SMILES string of the molecule is COC(=O)CC(NC(=O)[C@@H](N)CC(C)C)c1cccs1. The van der Waals surface area contributed by atoms with Gasteiger partial charge in [-0.3, -0.25) is 9.59 Å². The molecule has 0 aliphatic carbocycles. The molecule has 112 valence electrons. The molecule has 2 atom stereocenters. The molecule has 1 unspecified atom stereocenters. The lowest BCUT2D eigenvalue weighted by atomic mass is 10.0. The summed E-state index contributed by atoms with van der Waals surface area (Å²) in [7, 11) is 1.33. The van der Waals surface area contributed by atoms with E-state index < -0.39 is 6.04 Å². The molecule has 0 spiro atoms. The molecule has 1 amide bonds. The number of hydrogen-bond acceptors (Lipinski definition) is 5. The predicted octanol–water partition coefficient (Wildman–Crippen LogP) is 1.84. The van der Waals surface area contributed by atoms with E-state index in [1.165, 1.54) is 18.4 Å². The molecule has 5 nitrogen and oxygen atoms in total. The lowest BCUT2D eigenvalue weighted by Gasteiger charge is -2.20. The minimum atomic E-state index is -0.560. The summed E-state index contributed by atoms with van der Waals surface area (Å²) in [5.41, 5.74) is 5.86. The minimum absolute atomic E-state index is 0.108. The van der Waals surface area contributed by atoms with Crippen molar-refractivity contribution in [2.45, 2.75) is 38.8 Å². The third-order valence-corrected chi connectivity index (χ3v) is 3.85. The standard InChI is InChI=1S/C14H22N2O3S/c1-9(2)7-10(15)14(18)16-11(8-13(17)19-3)12-5-4-6-20-12/h4-6,9-11H,7-8,15H2,1-3H3,(H,16,18)/t10-,11?/m0/s1. The van der Waals surface area contributed by atoms with Gasteiger partial charge in [0, 0.05) is 4.88 Å². The molecule has 0 aromatic carbocycles. The molecule has 1 aromatic heterocycles. The van der Waals surface area contributed by atoms with E-state index in [0.29, 0.717) is 12.3 Å². The number of rotatable bonds is 7. The Balaban J connectivity index is 2.70. The van der Waals surface area contributed by atoms with Crippen LogP contribution in [0.5, 0.6) is 0 Å². The Labute approximate surface area is 123 Å². The van der Waals surface area contributed by atoms with Crippen LogP contribution in [0.2, 0.25) is 0 Å². The highest BCUT2D eigenvalue weighted by atomic mass is 32.1. The molecular formula is C14H22N2O3S. The number of hydrogen-bond donors (Lipinski definition) is 2. The van der Waals surface area contributed by atoms with Crippen molar-refractivity contribution in [2.24, 2.45) is 11.7 Å². The Hall–Kier alpha value is -1.40. The van der Waals surface area contributed by atoms with Gasteiger partial charge >= 0.3 is 5.97 Å². The van der Waals surface area contributed by atoms with Gasteiger partial charge in [-0.05, 0) is 23.8 Å². The number of methoxy groups -OCH3 is 1. The first-order valence-corrected chi connectivity index (χ1v) is 7.48. The van der Waals surface area contributed by atoms with Crippen LogP contribution in [-0.2, 0) is 14.3 Å². The molecule has 0 bridgehead atoms. The largest absolute Gasteiger partial charge is 0.469 e. The highest BCUT2D eigenvalue weighted by Crippen LogP contribution is 2.22. The van der Waals surface area contributed by atoms with Gasteiger partial charge in [0.2, 0.25) is 5.91 Å². The lowest BCUT2D eigenvalue weighted by Crippen LogP contribution is -2.43. The van der Waals surface area contributed by atoms with Crippen LogP contribution < -0.4 is 11.1 Å². The number of thiophene rings is 1. The highest BCUT2D eigenvalue weighted by Gasteiger charge is 2.23. The average Bonchev–Trinajstić information content (AvgIpc) is 2.90. The van der Waals surface area contributed by atoms with Crippen LogP contribution in [0.4, 0.5) is 0 Å². The van der Waals surface area contributed by atoms with Crippen molar-refractivity contribution >= 4 is 23.2 Å². The molecule has 6 heteroatoms. The summed E-state index contributed by atoms with van der Waals surface area (Å²) in [4.78, 5) is 24.4. The Morgan fingerprint density at radius 3 is 2.65 bits per heavy atom. The van der Waals surface area contributed by atoms with E-state index in [0.717, 1.165) is 4.88 Å². The molecule has 0 radical (unpaired) electrons. The third kappa shape index (κ3) is 5.30. The lowest BCUT2D eigenvalue weighted by molar-refractivity contribution is -0.141. The summed E-state index contributed by atoms with van der Waals surface area (Å²) < 4.78 is 4.67. The van der Waals surface area contributed by atoms with Crippen molar-refractivity contribution in [3.8, 4) is 0 Å². The summed E-state index contributed by atoms with van der Waals surface area (Å²) in [6.45, 7) is 4.02. The minimum Gasteiger partial charge on any atom is -0.469 e. The van der Waals surface area contributed by atoms with Crippen LogP contribution in [-0.4, -0.2) is 25.0 Å². The van der Waals surface area contributed by atoms with Crippen molar-refractivity contribution in [2.75, 3.05) is 7.11 Å². The molecule has 0 fully saturated rings. The van der Waals surface area contributed by atoms with Crippen LogP contribution in [0, 0.1) is 5.92 Å². The number of carbonyl (C=O) groups is 2. The molecule has 1 rings (SSSR count). The van der Waals surface area contributed by atoms with Gasteiger partial charge in [0.25, 0.3) is 0 Å². The van der Waals surface area contributed by atoms with E-state index >= 15 is 0 Å². The second kappa shape index (κ2) is 8.01. The average molecular weight is 298 g/mol. The summed E-state index contributed by atoms with van der Waals surface area (Å²) in [6, 6.07) is 2.82. The molecule has 0 aliphatic heterocycles. The number of nitrogens with one attached hydrogen (secondary N) is 1. The third-order valence-electron chi connectivity index (χ3n) is 2.86. The predicted molar refractivity (Wildman–Crippen MR) is 79.3 cm³/mol. The first-order chi connectivity index (χ1) is 9.43. The molecule has 1 heterocycles. The monoisotopic (exact) mass is 298 g/mol. The molecule has 3 N–H and O–H groups in total. The summed E-state index contributed by atoms with van der Waals surface area (Å²) in [5, 5.41) is 4.74. The highest BCUT2D eigenvalue weighted by molar-refractivity contribution is 7.10. The van der Waals surface area contributed by atoms with E-state index in [4.69, 9.17) is 5.73 Å². The van der Waals surface area contributed by atoms with Crippen LogP contribution in [0.15, 0.2) is 17.5 Å². The topological polar surface area (TPSA) is 81.4 Å². The molecule has 0 aliphatic rings. The maximum Gasteiger partial charge on any atom is 0.307 e. The van der Waals surface area contributed by atoms with E-state index in [1.54, 1.807) is 0 Å². The number of esters is 1. The van der Waals surface area contributed by atoms with Crippen molar-refractivity contribution in [1.82, 2.24) is 5.32 Å². The van der Waals surface area contributed by atoms with Gasteiger partial charge in [0.15, 0.2) is 0 Å². The first-order valence-electron chi connectivity index (χ1n) is 6.60. The second-order valence-corrected chi connectivity index (χ2v) is 6.07. The summed E-state index contributed by atoms with van der Waals surface area (Å²) >= 11 is 1.49. The van der Waals surface area contributed by atoms with Crippen LogP contribution in [0.25, 0.3) is 0 Å². The fourth-order valence-corrected chi connectivity index (χ4v) is 2.63. The smallest absolute Gasteiger partial charge is 0.307 e. The van der Waals surface area contributed by atoms with Gasteiger partial charge in [-0.2, -0.15) is 0 Å². The maximum absolute atomic E-state index is 12.1. The summed E-state index contributed by atoms with van der Waals surface area (Å²) in [5.74, 6) is -0.251. The Morgan fingerprint density at radius 2 is 2.15 bits per heavy atom. The van der Waals surface area contributed by atoms with Crippen LogP contribution in [0.3, 0.4) is 0 Å².